The first kappa shape index (κ1) is 32.4. The summed E-state index contributed by atoms with van der Waals surface area (Å²) in [6.07, 6.45) is -17.1. The van der Waals surface area contributed by atoms with Gasteiger partial charge in [-0.2, -0.15) is 12.6 Å². The predicted molar refractivity (Wildman–Crippen MR) is 128 cm³/mol. The molecule has 16 atom stereocenters. The fourth-order valence-electron chi connectivity index (χ4n) is 4.55. The molecular weight excluding hydrogens is 558 g/mol. The van der Waals surface area contributed by atoms with Crippen molar-refractivity contribution in [2.45, 2.75) is 90.8 Å². The summed E-state index contributed by atoms with van der Waals surface area (Å²) in [6, 6.07) is -4.19. The van der Waals surface area contributed by atoms with Gasteiger partial charge >= 0.3 is 0 Å². The summed E-state index contributed by atoms with van der Waals surface area (Å²) < 4.78 is 40.3. The van der Waals surface area contributed by atoms with E-state index in [1.165, 1.54) is 0 Å². The third-order valence-electron chi connectivity index (χ3n) is 6.93. The lowest BCUT2D eigenvalue weighted by atomic mass is 9.94. The standard InChI is InChI=1S/C19H37N3O14S2/c20-7-10(26)13(5(1-23)32-16(7)30)34-17-8(21)11(27)14(6(2-24)33-17)35-18-9(22)12(28)15(29)19(3-25,36-18)38(31)4-37/h5-18,23-30,37H,1-4,20-22H2/t5-,6-,7-,8-,9-,10-,11-,12-,13?,14?,15+,16-,17+,18+,19-,38?/m1/s1. The van der Waals surface area contributed by atoms with Crippen LogP contribution >= 0.6 is 12.6 Å². The summed E-state index contributed by atoms with van der Waals surface area (Å²) in [7, 11) is -2.14. The molecule has 0 aromatic heterocycles. The maximum absolute atomic E-state index is 12.6. The van der Waals surface area contributed by atoms with E-state index in [1.807, 2.05) is 0 Å². The second-order valence-electron chi connectivity index (χ2n) is 9.25. The van der Waals surface area contributed by atoms with Crippen LogP contribution in [0.5, 0.6) is 0 Å². The number of nitrogens with two attached hydrogens (primary N) is 3. The molecule has 0 aliphatic carbocycles. The Morgan fingerprint density at radius 3 is 1.82 bits per heavy atom. The van der Waals surface area contributed by atoms with Crippen molar-refractivity contribution < 1.29 is 68.7 Å². The Morgan fingerprint density at radius 1 is 0.789 bits per heavy atom. The minimum atomic E-state index is -2.23. The minimum absolute atomic E-state index is 0.364. The highest BCUT2D eigenvalue weighted by Crippen LogP contribution is 2.36. The van der Waals surface area contributed by atoms with Crippen molar-refractivity contribution in [2.75, 3.05) is 24.9 Å². The number of hydrogen-bond acceptors (Lipinski definition) is 18. The molecule has 38 heavy (non-hydrogen) atoms. The first-order valence-electron chi connectivity index (χ1n) is 11.7. The smallest absolute Gasteiger partial charge is 0.197 e. The van der Waals surface area contributed by atoms with Gasteiger partial charge in [0.25, 0.3) is 0 Å². The van der Waals surface area contributed by atoms with Crippen LogP contribution in [0.15, 0.2) is 0 Å². The Bertz CT molecular complexity index is 804. The molecular formula is C19H37N3O14S2. The van der Waals surface area contributed by atoms with Gasteiger partial charge in [-0.05, 0) is 0 Å². The van der Waals surface area contributed by atoms with E-state index < -0.39 is 121 Å². The summed E-state index contributed by atoms with van der Waals surface area (Å²) in [5, 5.41) is 81.1. The fraction of sp³-hybridized carbons (Fsp3) is 1.00. The van der Waals surface area contributed by atoms with Crippen molar-refractivity contribution in [3.8, 4) is 0 Å². The van der Waals surface area contributed by atoms with Crippen LogP contribution in [0.3, 0.4) is 0 Å². The van der Waals surface area contributed by atoms with Crippen LogP contribution in [0.4, 0.5) is 0 Å². The van der Waals surface area contributed by atoms with E-state index in [0.29, 0.717) is 0 Å². The molecule has 0 spiro atoms. The summed E-state index contributed by atoms with van der Waals surface area (Å²) in [6.45, 7) is -2.47. The van der Waals surface area contributed by atoms with Gasteiger partial charge < -0.3 is 81.7 Å². The van der Waals surface area contributed by atoms with Gasteiger partial charge in [-0.15, -0.1) is 0 Å². The summed E-state index contributed by atoms with van der Waals surface area (Å²) >= 11 is 3.89. The van der Waals surface area contributed by atoms with E-state index in [2.05, 4.69) is 12.6 Å². The van der Waals surface area contributed by atoms with Crippen molar-refractivity contribution in [3.05, 3.63) is 0 Å². The van der Waals surface area contributed by atoms with E-state index >= 15 is 0 Å². The van der Waals surface area contributed by atoms with Crippen LogP contribution in [0, 0.1) is 0 Å². The zero-order valence-corrected chi connectivity index (χ0v) is 21.7. The Morgan fingerprint density at radius 2 is 1.29 bits per heavy atom. The molecule has 224 valence electrons. The van der Waals surface area contributed by atoms with E-state index in [4.69, 9.17) is 40.9 Å². The van der Waals surface area contributed by atoms with Crippen molar-refractivity contribution in [1.82, 2.24) is 0 Å². The Balaban J connectivity index is 1.79. The van der Waals surface area contributed by atoms with Crippen LogP contribution in [0.1, 0.15) is 0 Å². The van der Waals surface area contributed by atoms with Crippen LogP contribution in [0.25, 0.3) is 0 Å². The second kappa shape index (κ2) is 13.2. The predicted octanol–water partition coefficient (Wildman–Crippen LogP) is -7.71. The van der Waals surface area contributed by atoms with Crippen LogP contribution in [-0.4, -0.2) is 161 Å². The van der Waals surface area contributed by atoms with Crippen LogP contribution < -0.4 is 17.2 Å². The molecule has 0 bridgehead atoms. The largest absolute Gasteiger partial charge is 0.394 e. The monoisotopic (exact) mass is 595 g/mol. The lowest BCUT2D eigenvalue weighted by Crippen LogP contribution is -2.72. The summed E-state index contributed by atoms with van der Waals surface area (Å²) in [4.78, 5) is -2.23. The van der Waals surface area contributed by atoms with Gasteiger partial charge in [0.15, 0.2) is 23.8 Å². The molecule has 14 N–H and O–H groups in total. The number of thiol groups is 1. The number of hydrogen-bond donors (Lipinski definition) is 12. The maximum atomic E-state index is 12.6. The third-order valence-corrected chi connectivity index (χ3v) is 9.10. The molecule has 0 radical (unpaired) electrons. The number of ether oxygens (including phenoxy) is 5. The third kappa shape index (κ3) is 5.91. The first-order valence-corrected chi connectivity index (χ1v) is 13.6. The molecule has 3 saturated heterocycles. The fourth-order valence-corrected chi connectivity index (χ4v) is 6.18. The van der Waals surface area contributed by atoms with Gasteiger partial charge in [-0.1, -0.05) is 0 Å². The zero-order valence-electron chi connectivity index (χ0n) is 20.0. The van der Waals surface area contributed by atoms with Crippen LogP contribution in [0.2, 0.25) is 0 Å². The molecule has 0 aromatic rings. The Kier molecular flexibility index (Phi) is 11.3. The van der Waals surface area contributed by atoms with Crippen molar-refractivity contribution in [1.29, 1.82) is 0 Å². The molecule has 3 aliphatic rings. The molecule has 3 fully saturated rings. The highest BCUT2D eigenvalue weighted by Gasteiger charge is 2.58. The molecule has 0 amide bonds. The molecule has 3 aliphatic heterocycles. The lowest BCUT2D eigenvalue weighted by molar-refractivity contribution is -0.351. The average molecular weight is 596 g/mol. The van der Waals surface area contributed by atoms with Gasteiger partial charge in [0.05, 0.1) is 53.8 Å². The lowest BCUT2D eigenvalue weighted by Gasteiger charge is -2.50. The summed E-state index contributed by atoms with van der Waals surface area (Å²) in [5.74, 6) is 0. The van der Waals surface area contributed by atoms with Gasteiger partial charge in [0.1, 0.15) is 48.8 Å². The quantitative estimate of drug-likeness (QED) is 0.110. The molecule has 3 heterocycles. The first-order chi connectivity index (χ1) is 17.9. The molecule has 3 rings (SSSR count). The molecule has 17 nitrogen and oxygen atoms in total. The minimum Gasteiger partial charge on any atom is -0.394 e. The normalized spacial score (nSPS) is 51.1. The second-order valence-corrected chi connectivity index (χ2v) is 11.7. The van der Waals surface area contributed by atoms with E-state index in [-0.39, 0.29) is 5.08 Å². The molecule has 0 aromatic carbocycles. The van der Waals surface area contributed by atoms with Crippen molar-refractivity contribution in [3.63, 3.8) is 0 Å². The number of rotatable bonds is 9. The molecule has 3 unspecified atom stereocenters. The average Bonchev–Trinajstić information content (AvgIpc) is 2.92. The van der Waals surface area contributed by atoms with Gasteiger partial charge in [0.2, 0.25) is 0 Å². The SMILES string of the molecule is N[C@H]1[C@@H](OC2[C@@H](CO)O[C@@H](OC3[C@@H](CO)O[C@@H](O)[C@H](N)[C@H]3O)[C@H](N)[C@H]2O)O[C@](CO)(S(=O)CS)[C@@H](O)[C@@H]1O. The highest BCUT2D eigenvalue weighted by atomic mass is 32.2. The van der Waals surface area contributed by atoms with Crippen LogP contribution in [-0.2, 0) is 34.5 Å². The zero-order chi connectivity index (χ0) is 28.5. The van der Waals surface area contributed by atoms with Gasteiger partial charge in [-0.25, -0.2) is 0 Å². The Hall–Kier alpha value is -0.140. The Labute approximate surface area is 225 Å². The molecule has 0 saturated carbocycles. The summed E-state index contributed by atoms with van der Waals surface area (Å²) in [5.41, 5.74) is 17.7. The topological polar surface area (TPSA) is 303 Å². The van der Waals surface area contributed by atoms with Crippen molar-refractivity contribution >= 4 is 23.4 Å². The number of aliphatic hydroxyl groups excluding tert-OH is 8. The van der Waals surface area contributed by atoms with E-state index in [9.17, 15) is 45.1 Å². The maximum Gasteiger partial charge on any atom is 0.197 e. The van der Waals surface area contributed by atoms with Gasteiger partial charge in [0, 0.05) is 0 Å². The van der Waals surface area contributed by atoms with Gasteiger partial charge in [-0.3, -0.25) is 4.21 Å². The van der Waals surface area contributed by atoms with Crippen molar-refractivity contribution in [2.24, 2.45) is 17.2 Å². The van der Waals surface area contributed by atoms with E-state index in [1.54, 1.807) is 0 Å². The highest BCUT2D eigenvalue weighted by molar-refractivity contribution is 8.00. The molecule has 19 heteroatoms. The number of aliphatic hydroxyl groups is 8. The van der Waals surface area contributed by atoms with E-state index in [0.717, 1.165) is 0 Å².